The minimum atomic E-state index is -1.09. The molecule has 0 aliphatic rings. The summed E-state index contributed by atoms with van der Waals surface area (Å²) >= 11 is 0. The van der Waals surface area contributed by atoms with Crippen LogP contribution >= 0.6 is 0 Å². The monoisotopic (exact) mass is 293 g/mol. The van der Waals surface area contributed by atoms with E-state index < -0.39 is 5.97 Å². The molecular formula is C17H15N3O2. The van der Waals surface area contributed by atoms with Crippen LogP contribution in [0.3, 0.4) is 0 Å². The Balaban J connectivity index is 2.27. The number of aromatic carboxylic acids is 1. The van der Waals surface area contributed by atoms with Crippen LogP contribution in [0.2, 0.25) is 0 Å². The van der Waals surface area contributed by atoms with Crippen LogP contribution in [-0.4, -0.2) is 26.1 Å². The lowest BCUT2D eigenvalue weighted by molar-refractivity contribution is 0.0691. The Morgan fingerprint density at radius 2 is 1.73 bits per heavy atom. The van der Waals surface area contributed by atoms with E-state index in [1.54, 1.807) is 4.68 Å². The molecule has 110 valence electrons. The number of carboxylic acids is 1. The number of aromatic nitrogens is 3. The summed E-state index contributed by atoms with van der Waals surface area (Å²) in [7, 11) is 0. The minimum Gasteiger partial charge on any atom is -0.476 e. The maximum absolute atomic E-state index is 11.5. The minimum absolute atomic E-state index is 0.0464. The Morgan fingerprint density at radius 3 is 2.36 bits per heavy atom. The summed E-state index contributed by atoms with van der Waals surface area (Å²) < 4.78 is 1.57. The van der Waals surface area contributed by atoms with Gasteiger partial charge in [-0.2, -0.15) is 0 Å². The molecule has 0 aliphatic heterocycles. The van der Waals surface area contributed by atoms with E-state index in [4.69, 9.17) is 0 Å². The SMILES string of the molecule is Cc1ccc(-n2nnc(C(=O)O)c2-c2ccccc2C)cc1. The van der Waals surface area contributed by atoms with E-state index in [1.165, 1.54) is 0 Å². The van der Waals surface area contributed by atoms with E-state index in [2.05, 4.69) is 10.3 Å². The van der Waals surface area contributed by atoms with Gasteiger partial charge in [-0.05, 0) is 31.5 Å². The highest BCUT2D eigenvalue weighted by atomic mass is 16.4. The Morgan fingerprint density at radius 1 is 1.05 bits per heavy atom. The molecule has 3 aromatic rings. The number of hydrogen-bond donors (Lipinski definition) is 1. The Labute approximate surface area is 127 Å². The summed E-state index contributed by atoms with van der Waals surface area (Å²) in [5.74, 6) is -1.09. The first-order valence-electron chi connectivity index (χ1n) is 6.90. The van der Waals surface area contributed by atoms with Crippen LogP contribution in [0.4, 0.5) is 0 Å². The van der Waals surface area contributed by atoms with Crippen LogP contribution in [0, 0.1) is 13.8 Å². The average molecular weight is 293 g/mol. The van der Waals surface area contributed by atoms with E-state index in [-0.39, 0.29) is 5.69 Å². The largest absolute Gasteiger partial charge is 0.476 e. The molecule has 3 rings (SSSR count). The number of aryl methyl sites for hydroxylation is 2. The molecule has 1 heterocycles. The second kappa shape index (κ2) is 5.44. The number of carbonyl (C=O) groups is 1. The van der Waals surface area contributed by atoms with Crippen LogP contribution in [-0.2, 0) is 0 Å². The highest BCUT2D eigenvalue weighted by Crippen LogP contribution is 2.28. The summed E-state index contributed by atoms with van der Waals surface area (Å²) in [6.07, 6.45) is 0. The van der Waals surface area contributed by atoms with Crippen LogP contribution < -0.4 is 0 Å². The molecule has 0 bridgehead atoms. The molecule has 5 heteroatoms. The van der Waals surface area contributed by atoms with E-state index >= 15 is 0 Å². The van der Waals surface area contributed by atoms with Crippen LogP contribution in [0.1, 0.15) is 21.6 Å². The molecule has 0 saturated carbocycles. The van der Waals surface area contributed by atoms with Crippen molar-refractivity contribution in [3.8, 4) is 16.9 Å². The number of carboxylic acid groups (broad SMARTS) is 1. The van der Waals surface area contributed by atoms with Crippen molar-refractivity contribution in [1.82, 2.24) is 15.0 Å². The van der Waals surface area contributed by atoms with E-state index in [1.807, 2.05) is 62.4 Å². The third kappa shape index (κ3) is 2.37. The lowest BCUT2D eigenvalue weighted by Gasteiger charge is -2.10. The van der Waals surface area contributed by atoms with Gasteiger partial charge in [-0.15, -0.1) is 5.10 Å². The van der Waals surface area contributed by atoms with Gasteiger partial charge in [0.05, 0.1) is 5.69 Å². The first-order chi connectivity index (χ1) is 10.6. The first kappa shape index (κ1) is 14.0. The quantitative estimate of drug-likeness (QED) is 0.805. The Kier molecular flexibility index (Phi) is 3.47. The van der Waals surface area contributed by atoms with Crippen molar-refractivity contribution in [2.24, 2.45) is 0 Å². The van der Waals surface area contributed by atoms with Crippen molar-refractivity contribution >= 4 is 5.97 Å². The Hall–Kier alpha value is -2.95. The normalized spacial score (nSPS) is 10.6. The summed E-state index contributed by atoms with van der Waals surface area (Å²) in [6, 6.07) is 15.3. The molecule has 0 aliphatic carbocycles. The highest BCUT2D eigenvalue weighted by molar-refractivity contribution is 5.93. The van der Waals surface area contributed by atoms with Gasteiger partial charge in [-0.3, -0.25) is 0 Å². The zero-order valence-corrected chi connectivity index (χ0v) is 12.3. The van der Waals surface area contributed by atoms with E-state index in [9.17, 15) is 9.90 Å². The van der Waals surface area contributed by atoms with E-state index in [0.717, 1.165) is 22.4 Å². The van der Waals surface area contributed by atoms with Crippen molar-refractivity contribution in [1.29, 1.82) is 0 Å². The maximum atomic E-state index is 11.5. The van der Waals surface area contributed by atoms with Gasteiger partial charge in [0.25, 0.3) is 0 Å². The van der Waals surface area contributed by atoms with Crippen molar-refractivity contribution < 1.29 is 9.90 Å². The smallest absolute Gasteiger partial charge is 0.358 e. The van der Waals surface area contributed by atoms with E-state index in [0.29, 0.717) is 5.69 Å². The van der Waals surface area contributed by atoms with Crippen LogP contribution in [0.5, 0.6) is 0 Å². The number of hydrogen-bond acceptors (Lipinski definition) is 3. The van der Waals surface area contributed by atoms with Gasteiger partial charge < -0.3 is 5.11 Å². The number of benzene rings is 2. The summed E-state index contributed by atoms with van der Waals surface area (Å²) in [4.78, 5) is 11.5. The summed E-state index contributed by atoms with van der Waals surface area (Å²) in [5.41, 5.74) is 4.14. The van der Waals surface area contributed by atoms with Gasteiger partial charge >= 0.3 is 5.97 Å². The first-order valence-corrected chi connectivity index (χ1v) is 6.90. The number of nitrogens with zero attached hydrogens (tertiary/aromatic N) is 3. The summed E-state index contributed by atoms with van der Waals surface area (Å²) in [6.45, 7) is 3.93. The molecule has 5 nitrogen and oxygen atoms in total. The predicted molar refractivity (Wildman–Crippen MR) is 83.2 cm³/mol. The highest BCUT2D eigenvalue weighted by Gasteiger charge is 2.22. The molecule has 1 N–H and O–H groups in total. The topological polar surface area (TPSA) is 68.0 Å². The Bertz CT molecular complexity index is 835. The molecule has 0 radical (unpaired) electrons. The van der Waals surface area contributed by atoms with Gasteiger partial charge in [-0.1, -0.05) is 47.2 Å². The van der Waals surface area contributed by atoms with Crippen LogP contribution in [0.25, 0.3) is 16.9 Å². The second-order valence-electron chi connectivity index (χ2n) is 5.15. The standard InChI is InChI=1S/C17H15N3O2/c1-11-7-9-13(10-8-11)20-16(15(17(21)22)18-19-20)14-6-4-3-5-12(14)2/h3-10H,1-2H3,(H,21,22). The third-order valence-electron chi connectivity index (χ3n) is 3.55. The molecular weight excluding hydrogens is 278 g/mol. The van der Waals surface area contributed by atoms with Crippen molar-refractivity contribution in [3.63, 3.8) is 0 Å². The zero-order valence-electron chi connectivity index (χ0n) is 12.3. The molecule has 22 heavy (non-hydrogen) atoms. The molecule has 0 fully saturated rings. The fraction of sp³-hybridized carbons (Fsp3) is 0.118. The zero-order chi connectivity index (χ0) is 15.7. The fourth-order valence-corrected chi connectivity index (χ4v) is 2.37. The van der Waals surface area contributed by atoms with Gasteiger partial charge in [0.1, 0.15) is 5.69 Å². The molecule has 0 atom stereocenters. The van der Waals surface area contributed by atoms with Gasteiger partial charge in [0.15, 0.2) is 5.69 Å². The van der Waals surface area contributed by atoms with Crippen molar-refractivity contribution in [2.45, 2.75) is 13.8 Å². The van der Waals surface area contributed by atoms with Gasteiger partial charge in [-0.25, -0.2) is 9.48 Å². The maximum Gasteiger partial charge on any atom is 0.358 e. The molecule has 2 aromatic carbocycles. The van der Waals surface area contributed by atoms with Gasteiger partial charge in [0.2, 0.25) is 0 Å². The fourth-order valence-electron chi connectivity index (χ4n) is 2.37. The van der Waals surface area contributed by atoms with Crippen LogP contribution in [0.15, 0.2) is 48.5 Å². The molecule has 0 spiro atoms. The number of rotatable bonds is 3. The van der Waals surface area contributed by atoms with Gasteiger partial charge in [0, 0.05) is 5.56 Å². The predicted octanol–water partition coefficient (Wildman–Crippen LogP) is 3.25. The third-order valence-corrected chi connectivity index (χ3v) is 3.55. The molecule has 1 aromatic heterocycles. The van der Waals surface area contributed by atoms with Crippen molar-refractivity contribution in [2.75, 3.05) is 0 Å². The van der Waals surface area contributed by atoms with Crippen molar-refractivity contribution in [3.05, 3.63) is 65.4 Å². The molecule has 0 amide bonds. The lowest BCUT2D eigenvalue weighted by atomic mass is 10.0. The molecule has 0 unspecified atom stereocenters. The summed E-state index contributed by atoms with van der Waals surface area (Å²) in [5, 5.41) is 17.3. The lowest BCUT2D eigenvalue weighted by Crippen LogP contribution is -2.04. The molecule has 0 saturated heterocycles. The average Bonchev–Trinajstić information content (AvgIpc) is 2.93. The second-order valence-corrected chi connectivity index (χ2v) is 5.15.